The molecule has 0 saturated carbocycles. The van der Waals surface area contributed by atoms with Crippen molar-refractivity contribution < 1.29 is 0 Å². The molecule has 1 heterocycles. The van der Waals surface area contributed by atoms with E-state index in [-0.39, 0.29) is 5.56 Å². The fourth-order valence-electron chi connectivity index (χ4n) is 1.76. The number of benzene rings is 1. The van der Waals surface area contributed by atoms with Crippen molar-refractivity contribution in [3.05, 3.63) is 52.6 Å². The van der Waals surface area contributed by atoms with Crippen LogP contribution < -0.4 is 16.2 Å². The smallest absolute Gasteiger partial charge is 0.293 e. The molecule has 5 heteroatoms. The van der Waals surface area contributed by atoms with Gasteiger partial charge in [-0.05, 0) is 11.6 Å². The van der Waals surface area contributed by atoms with Gasteiger partial charge in [0.05, 0.1) is 0 Å². The third-order valence-corrected chi connectivity index (χ3v) is 2.82. The molecule has 1 aromatic heterocycles. The molecule has 94 valence electrons. The maximum absolute atomic E-state index is 11.9. The van der Waals surface area contributed by atoms with Gasteiger partial charge in [-0.15, -0.1) is 0 Å². The number of aromatic nitrogens is 2. The van der Waals surface area contributed by atoms with Crippen molar-refractivity contribution in [2.45, 2.75) is 6.54 Å². The van der Waals surface area contributed by atoms with Gasteiger partial charge in [-0.2, -0.15) is 0 Å². The summed E-state index contributed by atoms with van der Waals surface area (Å²) in [5.74, 6) is 0.420. The quantitative estimate of drug-likeness (QED) is 0.818. The SMILES string of the molecule is CN(Cc1ccccc1N)c1nccn(C)c1=O. The standard InChI is InChI=1S/C13H16N4O/c1-16-8-7-15-12(13(16)18)17(2)9-10-5-3-4-6-11(10)14/h3-8H,9,14H2,1-2H3. The van der Waals surface area contributed by atoms with Crippen molar-refractivity contribution >= 4 is 11.5 Å². The Balaban J connectivity index is 2.28. The molecule has 0 bridgehead atoms. The zero-order chi connectivity index (χ0) is 13.1. The zero-order valence-corrected chi connectivity index (χ0v) is 10.5. The van der Waals surface area contributed by atoms with Crippen LogP contribution in [0.1, 0.15) is 5.56 Å². The molecule has 0 unspecified atom stereocenters. The number of nitrogen functional groups attached to an aromatic ring is 1. The molecule has 0 amide bonds. The van der Waals surface area contributed by atoms with Crippen molar-refractivity contribution in [2.75, 3.05) is 17.7 Å². The molecule has 0 spiro atoms. The van der Waals surface area contributed by atoms with E-state index in [9.17, 15) is 4.79 Å². The first-order chi connectivity index (χ1) is 8.59. The van der Waals surface area contributed by atoms with Gasteiger partial charge in [0.25, 0.3) is 5.56 Å². The van der Waals surface area contributed by atoms with Gasteiger partial charge >= 0.3 is 0 Å². The highest BCUT2D eigenvalue weighted by Gasteiger charge is 2.10. The minimum absolute atomic E-state index is 0.116. The van der Waals surface area contributed by atoms with Gasteiger partial charge in [0.15, 0.2) is 5.82 Å². The highest BCUT2D eigenvalue weighted by Crippen LogP contribution is 2.14. The predicted molar refractivity (Wildman–Crippen MR) is 72.4 cm³/mol. The maximum Gasteiger partial charge on any atom is 0.293 e. The van der Waals surface area contributed by atoms with E-state index >= 15 is 0 Å². The molecular weight excluding hydrogens is 228 g/mol. The number of rotatable bonds is 3. The van der Waals surface area contributed by atoms with Crippen molar-refractivity contribution in [3.8, 4) is 0 Å². The molecule has 0 aliphatic rings. The summed E-state index contributed by atoms with van der Waals surface area (Å²) in [4.78, 5) is 17.8. The summed E-state index contributed by atoms with van der Waals surface area (Å²) in [5, 5.41) is 0. The highest BCUT2D eigenvalue weighted by atomic mass is 16.1. The van der Waals surface area contributed by atoms with Gasteiger partial charge in [-0.3, -0.25) is 4.79 Å². The normalized spacial score (nSPS) is 10.3. The number of aryl methyl sites for hydroxylation is 1. The second-order valence-electron chi connectivity index (χ2n) is 4.22. The Kier molecular flexibility index (Phi) is 3.32. The topological polar surface area (TPSA) is 64.2 Å². The van der Waals surface area contributed by atoms with Crippen molar-refractivity contribution in [2.24, 2.45) is 7.05 Å². The fraction of sp³-hybridized carbons (Fsp3) is 0.231. The van der Waals surface area contributed by atoms with Crippen molar-refractivity contribution in [1.82, 2.24) is 9.55 Å². The first-order valence-corrected chi connectivity index (χ1v) is 5.65. The first-order valence-electron chi connectivity index (χ1n) is 5.65. The molecule has 0 aliphatic heterocycles. The van der Waals surface area contributed by atoms with Gasteiger partial charge in [0.1, 0.15) is 0 Å². The van der Waals surface area contributed by atoms with Crippen molar-refractivity contribution in [3.63, 3.8) is 0 Å². The predicted octanol–water partition coefficient (Wildman–Crippen LogP) is 0.999. The Bertz CT molecular complexity index is 606. The molecule has 2 rings (SSSR count). The maximum atomic E-state index is 11.9. The van der Waals surface area contributed by atoms with Crippen molar-refractivity contribution in [1.29, 1.82) is 0 Å². The lowest BCUT2D eigenvalue weighted by atomic mass is 10.2. The Morgan fingerprint density at radius 2 is 2.11 bits per heavy atom. The number of anilines is 2. The number of hydrogen-bond donors (Lipinski definition) is 1. The van der Waals surface area contributed by atoms with E-state index in [4.69, 9.17) is 5.73 Å². The lowest BCUT2D eigenvalue weighted by molar-refractivity contribution is 0.803. The Labute approximate surface area is 105 Å². The van der Waals surface area contributed by atoms with E-state index in [0.29, 0.717) is 12.4 Å². The molecule has 0 aliphatic carbocycles. The van der Waals surface area contributed by atoms with Crippen LogP contribution in [0.2, 0.25) is 0 Å². The number of para-hydroxylation sites is 1. The monoisotopic (exact) mass is 244 g/mol. The molecule has 2 aromatic rings. The van der Waals surface area contributed by atoms with Gasteiger partial charge in [-0.25, -0.2) is 4.98 Å². The Hall–Kier alpha value is -2.30. The molecule has 2 N–H and O–H groups in total. The lowest BCUT2D eigenvalue weighted by Gasteiger charge is -2.18. The summed E-state index contributed by atoms with van der Waals surface area (Å²) in [6.45, 7) is 0.554. The minimum Gasteiger partial charge on any atom is -0.398 e. The summed E-state index contributed by atoms with van der Waals surface area (Å²) < 4.78 is 1.51. The fourth-order valence-corrected chi connectivity index (χ4v) is 1.76. The number of nitrogens with two attached hydrogens (primary N) is 1. The molecule has 0 radical (unpaired) electrons. The van der Waals surface area contributed by atoms with Crippen LogP contribution in [0, 0.1) is 0 Å². The van der Waals surface area contributed by atoms with Gasteiger partial charge in [0, 0.05) is 38.7 Å². The molecule has 18 heavy (non-hydrogen) atoms. The second-order valence-corrected chi connectivity index (χ2v) is 4.22. The van der Waals surface area contributed by atoms with Crippen LogP contribution in [0.15, 0.2) is 41.5 Å². The van der Waals surface area contributed by atoms with Crippen LogP contribution in [0.3, 0.4) is 0 Å². The Morgan fingerprint density at radius 1 is 1.39 bits per heavy atom. The zero-order valence-electron chi connectivity index (χ0n) is 10.5. The lowest BCUT2D eigenvalue weighted by Crippen LogP contribution is -2.29. The van der Waals surface area contributed by atoms with Crippen LogP contribution in [0.4, 0.5) is 11.5 Å². The third-order valence-electron chi connectivity index (χ3n) is 2.82. The Morgan fingerprint density at radius 3 is 2.83 bits per heavy atom. The summed E-state index contributed by atoms with van der Waals surface area (Å²) >= 11 is 0. The van der Waals surface area contributed by atoms with Crippen LogP contribution in [0.5, 0.6) is 0 Å². The van der Waals surface area contributed by atoms with E-state index < -0.39 is 0 Å². The number of hydrogen-bond acceptors (Lipinski definition) is 4. The molecule has 0 atom stereocenters. The first kappa shape index (κ1) is 12.2. The second kappa shape index (κ2) is 4.91. The average Bonchev–Trinajstić information content (AvgIpc) is 2.35. The molecular formula is C13H16N4O. The van der Waals surface area contributed by atoms with E-state index in [1.165, 1.54) is 4.57 Å². The molecule has 0 fully saturated rings. The molecule has 5 nitrogen and oxygen atoms in total. The summed E-state index contributed by atoms with van der Waals surface area (Å²) in [6.07, 6.45) is 3.25. The van der Waals surface area contributed by atoms with E-state index in [0.717, 1.165) is 11.3 Å². The van der Waals surface area contributed by atoms with Gasteiger partial charge < -0.3 is 15.2 Å². The molecule has 1 aromatic carbocycles. The minimum atomic E-state index is -0.116. The average molecular weight is 244 g/mol. The molecule has 0 saturated heterocycles. The number of nitrogens with zero attached hydrogens (tertiary/aromatic N) is 3. The van der Waals surface area contributed by atoms with Gasteiger partial charge in [0.2, 0.25) is 0 Å². The van der Waals surface area contributed by atoms with Crippen LogP contribution in [0.25, 0.3) is 0 Å². The largest absolute Gasteiger partial charge is 0.398 e. The van der Waals surface area contributed by atoms with Gasteiger partial charge in [-0.1, -0.05) is 18.2 Å². The summed E-state index contributed by atoms with van der Waals surface area (Å²) in [7, 11) is 3.54. The summed E-state index contributed by atoms with van der Waals surface area (Å²) in [5.41, 5.74) is 7.47. The van der Waals surface area contributed by atoms with Crippen LogP contribution >= 0.6 is 0 Å². The summed E-state index contributed by atoms with van der Waals surface area (Å²) in [6, 6.07) is 7.60. The van der Waals surface area contributed by atoms with E-state index in [2.05, 4.69) is 4.98 Å². The highest BCUT2D eigenvalue weighted by molar-refractivity contribution is 5.49. The van der Waals surface area contributed by atoms with E-state index in [1.807, 2.05) is 31.3 Å². The van der Waals surface area contributed by atoms with E-state index in [1.54, 1.807) is 24.3 Å². The van der Waals surface area contributed by atoms with Crippen LogP contribution in [-0.4, -0.2) is 16.6 Å². The third kappa shape index (κ3) is 2.34. The van der Waals surface area contributed by atoms with Crippen LogP contribution in [-0.2, 0) is 13.6 Å².